The van der Waals surface area contributed by atoms with Crippen LogP contribution in [0.25, 0.3) is 0 Å². The van der Waals surface area contributed by atoms with Gasteiger partial charge in [-0.3, -0.25) is 9.59 Å². The Labute approximate surface area is 203 Å². The van der Waals surface area contributed by atoms with E-state index in [0.717, 1.165) is 25.0 Å². The standard InChI is InChI=1S/C22H36N4O2S3/c1-21(16-23,13-12-19(27)30)25-26-22(2,17-24)15-18(20(28)31)11-9-7-5-3-4-6-8-10-14-29/h18,29H,3-15H2,1-2H3,(H,27,30)(H,28,31)/b26-25+. The van der Waals surface area contributed by atoms with Crippen molar-refractivity contribution < 1.29 is 9.59 Å². The fraction of sp³-hybridized carbons (Fsp3) is 0.818. The molecule has 0 heterocycles. The fourth-order valence-corrected chi connectivity index (χ4v) is 3.72. The Morgan fingerprint density at radius 3 is 1.81 bits per heavy atom. The molecule has 0 amide bonds. The molecule has 31 heavy (non-hydrogen) atoms. The van der Waals surface area contributed by atoms with E-state index in [1.165, 1.54) is 32.1 Å². The first-order valence-electron chi connectivity index (χ1n) is 10.9. The van der Waals surface area contributed by atoms with E-state index in [2.05, 4.69) is 54.2 Å². The molecule has 0 aliphatic carbocycles. The highest BCUT2D eigenvalue weighted by Crippen LogP contribution is 2.29. The second kappa shape index (κ2) is 16.6. The molecule has 0 N–H and O–H groups in total. The van der Waals surface area contributed by atoms with Gasteiger partial charge in [0.25, 0.3) is 0 Å². The molecule has 0 aliphatic rings. The highest BCUT2D eigenvalue weighted by atomic mass is 32.1. The molecule has 3 atom stereocenters. The molecule has 0 aliphatic heterocycles. The lowest BCUT2D eigenvalue weighted by Gasteiger charge is -2.23. The molecule has 0 fully saturated rings. The Hall–Kier alpha value is -1.03. The number of unbranched alkanes of at least 4 members (excludes halogenated alkanes) is 7. The second-order valence-electron chi connectivity index (χ2n) is 8.45. The summed E-state index contributed by atoms with van der Waals surface area (Å²) in [5.41, 5.74) is -2.46. The maximum absolute atomic E-state index is 12.0. The number of azo groups is 1. The lowest BCUT2D eigenvalue weighted by molar-refractivity contribution is -0.115. The molecule has 0 rings (SSSR count). The maximum atomic E-state index is 12.0. The molecule has 0 aromatic carbocycles. The van der Waals surface area contributed by atoms with Gasteiger partial charge in [0.2, 0.25) is 0 Å². The molecule has 0 saturated carbocycles. The van der Waals surface area contributed by atoms with Gasteiger partial charge in [-0.05, 0) is 45.3 Å². The molecule has 174 valence electrons. The summed E-state index contributed by atoms with van der Waals surface area (Å²) < 4.78 is 0. The zero-order chi connectivity index (χ0) is 23.8. The number of hydrogen-bond donors (Lipinski definition) is 3. The van der Waals surface area contributed by atoms with Crippen LogP contribution in [-0.4, -0.2) is 27.1 Å². The molecule has 0 saturated heterocycles. The normalized spacial score (nSPS) is 16.1. The van der Waals surface area contributed by atoms with E-state index in [4.69, 9.17) is 0 Å². The van der Waals surface area contributed by atoms with E-state index in [1.54, 1.807) is 13.8 Å². The number of carbonyl (C=O) groups is 2. The summed E-state index contributed by atoms with van der Waals surface area (Å²) >= 11 is 11.9. The SMILES string of the molecule is CC(C#N)(CCC(=O)S)/N=N/C(C)(C#N)CC(CCCCCCCCCCS)C(=O)S. The largest absolute Gasteiger partial charge is 0.288 e. The number of nitrogens with zero attached hydrogens (tertiary/aromatic N) is 4. The highest BCUT2D eigenvalue weighted by molar-refractivity contribution is 7.96. The molecule has 3 unspecified atom stereocenters. The van der Waals surface area contributed by atoms with Crippen LogP contribution in [0.15, 0.2) is 10.2 Å². The molecule has 0 radical (unpaired) electrons. The minimum absolute atomic E-state index is 0.0857. The second-order valence-corrected chi connectivity index (χ2v) is 9.83. The lowest BCUT2D eigenvalue weighted by Crippen LogP contribution is -2.28. The van der Waals surface area contributed by atoms with Crippen LogP contribution in [0.4, 0.5) is 0 Å². The average molecular weight is 485 g/mol. The van der Waals surface area contributed by atoms with Crippen LogP contribution in [0.2, 0.25) is 0 Å². The summed E-state index contributed by atoms with van der Waals surface area (Å²) in [5, 5.41) is 26.6. The molecule has 0 spiro atoms. The van der Waals surface area contributed by atoms with Gasteiger partial charge >= 0.3 is 0 Å². The van der Waals surface area contributed by atoms with E-state index in [0.29, 0.717) is 6.42 Å². The predicted molar refractivity (Wildman–Crippen MR) is 134 cm³/mol. The Bertz CT molecular complexity index is 675. The summed E-state index contributed by atoms with van der Waals surface area (Å²) in [6, 6.07) is 4.15. The fourth-order valence-electron chi connectivity index (χ4n) is 3.16. The smallest absolute Gasteiger partial charge is 0.189 e. The summed E-state index contributed by atoms with van der Waals surface area (Å²) in [7, 11) is 0. The molecule has 0 aromatic heterocycles. The van der Waals surface area contributed by atoms with Crippen molar-refractivity contribution in [1.29, 1.82) is 10.5 Å². The van der Waals surface area contributed by atoms with Crippen LogP contribution in [0, 0.1) is 28.6 Å². The van der Waals surface area contributed by atoms with Crippen molar-refractivity contribution in [3.05, 3.63) is 0 Å². The van der Waals surface area contributed by atoms with Gasteiger partial charge in [0, 0.05) is 12.3 Å². The van der Waals surface area contributed by atoms with E-state index < -0.39 is 17.0 Å². The maximum Gasteiger partial charge on any atom is 0.189 e. The Morgan fingerprint density at radius 2 is 1.35 bits per heavy atom. The number of thiol groups is 3. The number of rotatable bonds is 18. The summed E-state index contributed by atoms with van der Waals surface area (Å²) in [6.07, 6.45) is 10.2. The lowest BCUT2D eigenvalue weighted by atomic mass is 9.88. The van der Waals surface area contributed by atoms with Gasteiger partial charge in [-0.25, -0.2) is 0 Å². The summed E-state index contributed by atoms with van der Waals surface area (Å²) in [5.74, 6) is 0.556. The van der Waals surface area contributed by atoms with Crippen molar-refractivity contribution in [2.45, 2.75) is 102 Å². The van der Waals surface area contributed by atoms with Crippen LogP contribution < -0.4 is 0 Å². The van der Waals surface area contributed by atoms with E-state index in [1.807, 2.05) is 6.07 Å². The highest BCUT2D eigenvalue weighted by Gasteiger charge is 2.32. The monoisotopic (exact) mass is 484 g/mol. The van der Waals surface area contributed by atoms with Gasteiger partial charge in [-0.15, -0.1) is 25.3 Å². The van der Waals surface area contributed by atoms with Gasteiger partial charge in [0.1, 0.15) is 0 Å². The first-order chi connectivity index (χ1) is 14.6. The minimum atomic E-state index is -1.24. The van der Waals surface area contributed by atoms with Crippen molar-refractivity contribution in [2.75, 3.05) is 5.75 Å². The summed E-state index contributed by atoms with van der Waals surface area (Å²) in [6.45, 7) is 3.16. The van der Waals surface area contributed by atoms with Gasteiger partial charge in [-0.1, -0.05) is 44.9 Å². The van der Waals surface area contributed by atoms with Crippen molar-refractivity contribution >= 4 is 48.1 Å². The molecular formula is C22H36N4O2S3. The van der Waals surface area contributed by atoms with E-state index in [-0.39, 0.29) is 29.5 Å². The molecule has 9 heteroatoms. The van der Waals surface area contributed by atoms with Crippen LogP contribution in [0.1, 0.15) is 90.9 Å². The first-order valence-corrected chi connectivity index (χ1v) is 12.5. The Morgan fingerprint density at radius 1 is 0.871 bits per heavy atom. The predicted octanol–water partition coefficient (Wildman–Crippen LogP) is 6.14. The van der Waals surface area contributed by atoms with Gasteiger partial charge in [0.15, 0.2) is 21.3 Å². The number of carbonyl (C=O) groups excluding carboxylic acids is 2. The quantitative estimate of drug-likeness (QED) is 0.123. The molecular weight excluding hydrogens is 448 g/mol. The third-order valence-corrected chi connectivity index (χ3v) is 6.16. The van der Waals surface area contributed by atoms with Crippen molar-refractivity contribution in [3.8, 4) is 12.1 Å². The van der Waals surface area contributed by atoms with E-state index in [9.17, 15) is 20.1 Å². The Kier molecular flexibility index (Phi) is 16.0. The number of nitriles is 2. The third-order valence-electron chi connectivity index (χ3n) is 5.25. The van der Waals surface area contributed by atoms with Crippen molar-refractivity contribution in [3.63, 3.8) is 0 Å². The first kappa shape index (κ1) is 30.0. The molecule has 0 bridgehead atoms. The Balaban J connectivity index is 4.71. The van der Waals surface area contributed by atoms with Crippen molar-refractivity contribution in [2.24, 2.45) is 16.1 Å². The van der Waals surface area contributed by atoms with Crippen molar-refractivity contribution in [1.82, 2.24) is 0 Å². The zero-order valence-electron chi connectivity index (χ0n) is 18.7. The van der Waals surface area contributed by atoms with E-state index >= 15 is 0 Å². The van der Waals surface area contributed by atoms with Crippen LogP contribution in [-0.2, 0) is 9.59 Å². The van der Waals surface area contributed by atoms with Crippen LogP contribution in [0.3, 0.4) is 0 Å². The minimum Gasteiger partial charge on any atom is -0.288 e. The number of hydrogen-bond acceptors (Lipinski definition) is 7. The van der Waals surface area contributed by atoms with Crippen LogP contribution in [0.5, 0.6) is 0 Å². The molecule has 0 aromatic rings. The molecule has 6 nitrogen and oxygen atoms in total. The van der Waals surface area contributed by atoms with Crippen LogP contribution >= 0.6 is 37.9 Å². The van der Waals surface area contributed by atoms with Gasteiger partial charge < -0.3 is 0 Å². The zero-order valence-corrected chi connectivity index (χ0v) is 21.4. The topological polar surface area (TPSA) is 106 Å². The van der Waals surface area contributed by atoms with Gasteiger partial charge in [0.05, 0.1) is 12.1 Å². The third kappa shape index (κ3) is 14.6. The van der Waals surface area contributed by atoms with Gasteiger partial charge in [-0.2, -0.15) is 33.4 Å². The summed E-state index contributed by atoms with van der Waals surface area (Å²) in [4.78, 5) is 23.1. The average Bonchev–Trinajstić information content (AvgIpc) is 2.74.